The first-order chi connectivity index (χ1) is 7.81. The molecule has 0 aliphatic rings. The Balaban J connectivity index is 2.30. The standard InChI is InChI=1S/C13H12BrOP/c1-15-11-7-3-5-9-13(11)16-12-8-4-2-6-10(12)14/h2-9,16H,1H3. The predicted molar refractivity (Wildman–Crippen MR) is 74.7 cm³/mol. The second-order valence-electron chi connectivity index (χ2n) is 3.31. The molecule has 2 aromatic rings. The van der Waals surface area contributed by atoms with Gasteiger partial charge in [0.1, 0.15) is 5.75 Å². The highest BCUT2D eigenvalue weighted by atomic mass is 79.9. The zero-order valence-corrected chi connectivity index (χ0v) is 11.5. The molecule has 1 nitrogen and oxygen atoms in total. The largest absolute Gasteiger partial charge is 0.496 e. The fourth-order valence-corrected chi connectivity index (χ4v) is 3.20. The first-order valence-electron chi connectivity index (χ1n) is 4.96. The van der Waals surface area contributed by atoms with Crippen molar-refractivity contribution >= 4 is 35.1 Å². The van der Waals surface area contributed by atoms with Gasteiger partial charge in [0.05, 0.1) is 7.11 Å². The number of rotatable bonds is 3. The number of methoxy groups -OCH3 is 1. The highest BCUT2D eigenvalue weighted by molar-refractivity contribution is 9.10. The molecule has 0 aliphatic heterocycles. The van der Waals surface area contributed by atoms with Gasteiger partial charge in [0, 0.05) is 9.78 Å². The number of ether oxygens (including phenoxy) is 1. The Bertz CT molecular complexity index is 485. The molecular weight excluding hydrogens is 283 g/mol. The first kappa shape index (κ1) is 11.6. The minimum atomic E-state index is 0.609. The lowest BCUT2D eigenvalue weighted by molar-refractivity contribution is 0.418. The van der Waals surface area contributed by atoms with E-state index >= 15 is 0 Å². The Kier molecular flexibility index (Phi) is 3.98. The van der Waals surface area contributed by atoms with Crippen LogP contribution >= 0.6 is 24.5 Å². The molecule has 0 spiro atoms. The minimum absolute atomic E-state index is 0.609. The number of benzene rings is 2. The maximum atomic E-state index is 5.35. The van der Waals surface area contributed by atoms with Crippen molar-refractivity contribution in [1.82, 2.24) is 0 Å². The van der Waals surface area contributed by atoms with Crippen LogP contribution in [-0.4, -0.2) is 7.11 Å². The van der Waals surface area contributed by atoms with Crippen molar-refractivity contribution < 1.29 is 4.74 Å². The van der Waals surface area contributed by atoms with Crippen LogP contribution < -0.4 is 15.3 Å². The zero-order chi connectivity index (χ0) is 11.4. The van der Waals surface area contributed by atoms with Crippen molar-refractivity contribution in [3.05, 3.63) is 53.0 Å². The van der Waals surface area contributed by atoms with E-state index in [9.17, 15) is 0 Å². The number of hydrogen-bond donors (Lipinski definition) is 0. The SMILES string of the molecule is COc1ccccc1Pc1ccccc1Br. The molecule has 16 heavy (non-hydrogen) atoms. The Hall–Kier alpha value is -0.850. The first-order valence-corrected chi connectivity index (χ1v) is 6.75. The molecule has 0 aromatic heterocycles. The smallest absolute Gasteiger partial charge is 0.126 e. The second-order valence-corrected chi connectivity index (χ2v) is 5.49. The van der Waals surface area contributed by atoms with Crippen LogP contribution in [0.1, 0.15) is 0 Å². The topological polar surface area (TPSA) is 9.23 Å². The van der Waals surface area contributed by atoms with Crippen LogP contribution in [0, 0.1) is 0 Å². The molecule has 0 aliphatic carbocycles. The molecule has 2 rings (SSSR count). The van der Waals surface area contributed by atoms with Crippen LogP contribution in [0.5, 0.6) is 5.75 Å². The van der Waals surface area contributed by atoms with Crippen LogP contribution in [0.2, 0.25) is 0 Å². The van der Waals surface area contributed by atoms with Crippen LogP contribution in [0.15, 0.2) is 53.0 Å². The average molecular weight is 295 g/mol. The van der Waals surface area contributed by atoms with Gasteiger partial charge in [-0.1, -0.05) is 60.9 Å². The van der Waals surface area contributed by atoms with Gasteiger partial charge in [-0.25, -0.2) is 0 Å². The minimum Gasteiger partial charge on any atom is -0.496 e. The summed E-state index contributed by atoms with van der Waals surface area (Å²) < 4.78 is 6.50. The second kappa shape index (κ2) is 5.47. The Labute approximate surface area is 106 Å². The Morgan fingerprint density at radius 3 is 2.25 bits per heavy atom. The van der Waals surface area contributed by atoms with Gasteiger partial charge in [0.25, 0.3) is 0 Å². The van der Waals surface area contributed by atoms with Crippen molar-refractivity contribution in [2.75, 3.05) is 7.11 Å². The van der Waals surface area contributed by atoms with E-state index in [1.54, 1.807) is 7.11 Å². The molecular formula is C13H12BrOP. The van der Waals surface area contributed by atoms with E-state index in [-0.39, 0.29) is 0 Å². The Morgan fingerprint density at radius 1 is 0.938 bits per heavy atom. The molecule has 1 atom stereocenters. The highest BCUT2D eigenvalue weighted by Crippen LogP contribution is 2.22. The van der Waals surface area contributed by atoms with Gasteiger partial charge in [-0.2, -0.15) is 0 Å². The van der Waals surface area contributed by atoms with E-state index in [1.807, 2.05) is 24.3 Å². The lowest BCUT2D eigenvalue weighted by Crippen LogP contribution is -2.07. The molecule has 0 fully saturated rings. The van der Waals surface area contributed by atoms with E-state index in [0.29, 0.717) is 8.58 Å². The predicted octanol–water partition coefficient (Wildman–Crippen LogP) is 3.09. The summed E-state index contributed by atoms with van der Waals surface area (Å²) >= 11 is 3.57. The summed E-state index contributed by atoms with van der Waals surface area (Å²) in [6.45, 7) is 0. The van der Waals surface area contributed by atoms with Crippen molar-refractivity contribution in [2.45, 2.75) is 0 Å². The van der Waals surface area contributed by atoms with Gasteiger partial charge in [0.2, 0.25) is 0 Å². The molecule has 82 valence electrons. The van der Waals surface area contributed by atoms with Gasteiger partial charge >= 0.3 is 0 Å². The van der Waals surface area contributed by atoms with E-state index in [1.165, 1.54) is 10.6 Å². The molecule has 0 bridgehead atoms. The summed E-state index contributed by atoms with van der Waals surface area (Å²) in [4.78, 5) is 0. The summed E-state index contributed by atoms with van der Waals surface area (Å²) in [5.74, 6) is 0.955. The van der Waals surface area contributed by atoms with Gasteiger partial charge in [-0.15, -0.1) is 0 Å². The van der Waals surface area contributed by atoms with Crippen LogP contribution in [-0.2, 0) is 0 Å². The average Bonchev–Trinajstić information content (AvgIpc) is 2.33. The summed E-state index contributed by atoms with van der Waals surface area (Å²) in [5, 5.41) is 2.53. The zero-order valence-electron chi connectivity index (χ0n) is 8.91. The van der Waals surface area contributed by atoms with Crippen LogP contribution in [0.3, 0.4) is 0 Å². The highest BCUT2D eigenvalue weighted by Gasteiger charge is 2.04. The summed E-state index contributed by atoms with van der Waals surface area (Å²) in [6, 6.07) is 16.4. The third-order valence-corrected chi connectivity index (χ3v) is 4.70. The molecule has 0 N–H and O–H groups in total. The number of halogens is 1. The van der Waals surface area contributed by atoms with E-state index in [2.05, 4.69) is 40.2 Å². The molecule has 3 heteroatoms. The summed E-state index contributed by atoms with van der Waals surface area (Å²) in [5.41, 5.74) is 0. The lowest BCUT2D eigenvalue weighted by Gasteiger charge is -2.09. The summed E-state index contributed by atoms with van der Waals surface area (Å²) in [7, 11) is 2.32. The van der Waals surface area contributed by atoms with E-state index in [0.717, 1.165) is 10.2 Å². The molecule has 2 aromatic carbocycles. The fourth-order valence-electron chi connectivity index (χ4n) is 1.46. The molecule has 0 saturated carbocycles. The van der Waals surface area contributed by atoms with Crippen molar-refractivity contribution in [2.24, 2.45) is 0 Å². The lowest BCUT2D eigenvalue weighted by atomic mass is 10.3. The normalized spacial score (nSPS) is 10.9. The third kappa shape index (κ3) is 2.63. The van der Waals surface area contributed by atoms with Crippen molar-refractivity contribution in [3.63, 3.8) is 0 Å². The molecule has 0 radical (unpaired) electrons. The third-order valence-electron chi connectivity index (χ3n) is 2.25. The van der Waals surface area contributed by atoms with Gasteiger partial charge in [-0.3, -0.25) is 0 Å². The van der Waals surface area contributed by atoms with E-state index < -0.39 is 0 Å². The van der Waals surface area contributed by atoms with Gasteiger partial charge < -0.3 is 4.74 Å². The van der Waals surface area contributed by atoms with Gasteiger partial charge in [0.15, 0.2) is 0 Å². The molecule has 0 amide bonds. The number of hydrogen-bond acceptors (Lipinski definition) is 1. The van der Waals surface area contributed by atoms with Crippen LogP contribution in [0.4, 0.5) is 0 Å². The molecule has 1 unspecified atom stereocenters. The maximum Gasteiger partial charge on any atom is 0.126 e. The van der Waals surface area contributed by atoms with Gasteiger partial charge in [-0.05, 0) is 17.4 Å². The summed E-state index contributed by atoms with van der Waals surface area (Å²) in [6.07, 6.45) is 0. The molecule has 0 heterocycles. The Morgan fingerprint density at radius 2 is 1.56 bits per heavy atom. The monoisotopic (exact) mass is 294 g/mol. The quantitative estimate of drug-likeness (QED) is 0.791. The maximum absolute atomic E-state index is 5.35. The van der Waals surface area contributed by atoms with Crippen molar-refractivity contribution in [3.8, 4) is 5.75 Å². The molecule has 0 saturated heterocycles. The van der Waals surface area contributed by atoms with Crippen LogP contribution in [0.25, 0.3) is 0 Å². The fraction of sp³-hybridized carbons (Fsp3) is 0.0769. The number of para-hydroxylation sites is 1. The van der Waals surface area contributed by atoms with E-state index in [4.69, 9.17) is 4.74 Å². The van der Waals surface area contributed by atoms with Crippen molar-refractivity contribution in [1.29, 1.82) is 0 Å².